The van der Waals surface area contributed by atoms with Gasteiger partial charge in [0.1, 0.15) is 0 Å². The molecule has 0 aliphatic heterocycles. The van der Waals surface area contributed by atoms with Crippen LogP contribution in [0.5, 0.6) is 0 Å². The molecule has 0 saturated heterocycles. The van der Waals surface area contributed by atoms with Gasteiger partial charge in [0.2, 0.25) is 0 Å². The molecule has 0 radical (unpaired) electrons. The van der Waals surface area contributed by atoms with Crippen molar-refractivity contribution in [1.29, 1.82) is 0 Å². The molecule has 2 unspecified atom stereocenters. The van der Waals surface area contributed by atoms with E-state index < -0.39 is 0 Å². The Labute approximate surface area is 395 Å². The van der Waals surface area contributed by atoms with E-state index in [1.54, 1.807) is 66.8 Å². The zero-order chi connectivity index (χ0) is 43.7. The predicted octanol–water partition coefficient (Wildman–Crippen LogP) is 14.9. The van der Waals surface area contributed by atoms with Gasteiger partial charge in [0.15, 0.2) is 0 Å². The highest BCUT2D eigenvalue weighted by atomic mass is 14.4. The summed E-state index contributed by atoms with van der Waals surface area (Å²) in [6.45, 7) is 0. The second kappa shape index (κ2) is 14.7. The van der Waals surface area contributed by atoms with E-state index in [9.17, 15) is 0 Å². The minimum absolute atomic E-state index is 0.419. The second-order valence-electron chi connectivity index (χ2n) is 20.7. The zero-order valence-corrected chi connectivity index (χ0v) is 38.0. The number of benzene rings is 7. The molecular weight excluding hydrogens is 805 g/mol. The summed E-state index contributed by atoms with van der Waals surface area (Å²) in [6.07, 6.45) is 29.9. The Morgan fingerprint density at radius 1 is 0.284 bits per heavy atom. The van der Waals surface area contributed by atoms with Crippen molar-refractivity contribution in [3.05, 3.63) is 303 Å². The van der Waals surface area contributed by atoms with E-state index in [0.29, 0.717) is 17.8 Å². The molecule has 2 atom stereocenters. The molecule has 0 bridgehead atoms. The van der Waals surface area contributed by atoms with Crippen LogP contribution in [-0.2, 0) is 51.4 Å². The van der Waals surface area contributed by atoms with Gasteiger partial charge in [-0.3, -0.25) is 0 Å². The van der Waals surface area contributed by atoms with Gasteiger partial charge in [-0.15, -0.1) is 0 Å². The van der Waals surface area contributed by atoms with E-state index in [4.69, 9.17) is 0 Å². The monoisotopic (exact) mass is 856 g/mol. The first kappa shape index (κ1) is 38.1. The van der Waals surface area contributed by atoms with Crippen molar-refractivity contribution in [3.8, 4) is 0 Å². The Morgan fingerprint density at radius 3 is 1.33 bits per heavy atom. The van der Waals surface area contributed by atoms with Crippen LogP contribution in [0.3, 0.4) is 0 Å². The van der Waals surface area contributed by atoms with Crippen LogP contribution in [0, 0.1) is 0 Å². The minimum atomic E-state index is 0.419. The van der Waals surface area contributed by atoms with Gasteiger partial charge in [-0.05, 0) is 192 Å². The molecule has 0 N–H and O–H groups in total. The molecule has 0 heterocycles. The SMILES string of the molecule is C1=CC2=C(C1)C1C3=C(C=CC3)Cc3cccc(c31)C2.C1=Cc2c(ccc3c2C2c4ccccc4Cc4cccc(c42)C3)C1.C1=Cc2ccc3c(c2C1)C1c2ccccc2Cc2cccc(c21)C3. The predicted molar refractivity (Wildman–Crippen MR) is 275 cm³/mol. The summed E-state index contributed by atoms with van der Waals surface area (Å²) in [7, 11) is 0. The Kier molecular flexibility index (Phi) is 8.39. The van der Waals surface area contributed by atoms with Crippen LogP contribution in [0.1, 0.15) is 147 Å². The third-order valence-electron chi connectivity index (χ3n) is 17.3. The highest BCUT2D eigenvalue weighted by Crippen LogP contribution is 2.54. The van der Waals surface area contributed by atoms with E-state index in [1.807, 2.05) is 0 Å². The van der Waals surface area contributed by atoms with Crippen molar-refractivity contribution in [2.45, 2.75) is 82.0 Å². The van der Waals surface area contributed by atoms with Gasteiger partial charge >= 0.3 is 0 Å². The standard InChI is InChI=1S/2C24H18.C19H16/c2*1-2-9-21-16(5-1)13-17-7-3-8-18-14-19-12-11-15-6-4-10-20(15)23(19)24(21)22(17)18;1-6-14-10-12-4-2-8-16(12)19-17-9-3-5-13(17)11-15(7-1)18(14)19/h1-5,7-12,24H,6,13-14H2;1-9,11-12,24H,10,13-14H2;1-7,19H,8-11H2. The molecule has 10 aliphatic rings. The van der Waals surface area contributed by atoms with Crippen LogP contribution in [0.15, 0.2) is 186 Å². The lowest BCUT2D eigenvalue weighted by Gasteiger charge is -2.37. The molecule has 67 heavy (non-hydrogen) atoms. The van der Waals surface area contributed by atoms with Gasteiger partial charge in [-0.2, -0.15) is 0 Å². The summed E-state index contributed by atoms with van der Waals surface area (Å²) in [5, 5.41) is 0. The van der Waals surface area contributed by atoms with Crippen LogP contribution in [0.4, 0.5) is 0 Å². The first-order valence-electron chi connectivity index (χ1n) is 25.1. The molecule has 0 amide bonds. The molecule has 0 fully saturated rings. The summed E-state index contributed by atoms with van der Waals surface area (Å²) in [6, 6.07) is 48.4. The molecule has 0 aromatic heterocycles. The lowest BCUT2D eigenvalue weighted by atomic mass is 9.66. The summed E-state index contributed by atoms with van der Waals surface area (Å²) in [4.78, 5) is 0. The van der Waals surface area contributed by atoms with Gasteiger partial charge in [0, 0.05) is 17.8 Å². The van der Waals surface area contributed by atoms with Crippen LogP contribution >= 0.6 is 0 Å². The average Bonchev–Trinajstić information content (AvgIpc) is 4.22. The lowest BCUT2D eigenvalue weighted by Crippen LogP contribution is -2.23. The van der Waals surface area contributed by atoms with E-state index in [1.165, 1.54) is 85.2 Å². The topological polar surface area (TPSA) is 0 Å². The Balaban J connectivity index is 0.0000000925. The number of hydrogen-bond donors (Lipinski definition) is 0. The maximum absolute atomic E-state index is 2.38. The third-order valence-corrected chi connectivity index (χ3v) is 17.3. The fraction of sp³-hybridized carbons (Fsp3) is 0.194. The molecule has 0 nitrogen and oxygen atoms in total. The summed E-state index contributed by atoms with van der Waals surface area (Å²) < 4.78 is 0. The van der Waals surface area contributed by atoms with Crippen molar-refractivity contribution in [1.82, 2.24) is 0 Å². The maximum Gasteiger partial charge on any atom is 0.0357 e. The van der Waals surface area contributed by atoms with E-state index in [2.05, 4.69) is 176 Å². The number of allylic oxidation sites excluding steroid dienone is 10. The quantitative estimate of drug-likeness (QED) is 0.143. The molecular formula is C67H52. The Morgan fingerprint density at radius 2 is 0.716 bits per heavy atom. The Hall–Kier alpha value is -7.02. The van der Waals surface area contributed by atoms with Gasteiger partial charge in [0.25, 0.3) is 0 Å². The summed E-state index contributed by atoms with van der Waals surface area (Å²) in [5.41, 5.74) is 39.0. The largest absolute Gasteiger partial charge is 0.0801 e. The molecule has 17 rings (SSSR count). The van der Waals surface area contributed by atoms with Crippen molar-refractivity contribution < 1.29 is 0 Å². The highest BCUT2D eigenvalue weighted by molar-refractivity contribution is 5.74. The molecule has 0 spiro atoms. The average molecular weight is 857 g/mol. The fourth-order valence-electron chi connectivity index (χ4n) is 14.6. The first-order chi connectivity index (χ1) is 33.2. The summed E-state index contributed by atoms with van der Waals surface area (Å²) in [5.74, 6) is 1.45. The second-order valence-corrected chi connectivity index (χ2v) is 20.7. The van der Waals surface area contributed by atoms with Crippen LogP contribution < -0.4 is 0 Å². The lowest BCUT2D eigenvalue weighted by molar-refractivity contribution is 0.775. The van der Waals surface area contributed by atoms with Gasteiger partial charge in [-0.25, -0.2) is 0 Å². The minimum Gasteiger partial charge on any atom is -0.0801 e. The highest BCUT2D eigenvalue weighted by Gasteiger charge is 2.39. The Bertz CT molecular complexity index is 3440. The van der Waals surface area contributed by atoms with E-state index in [-0.39, 0.29) is 0 Å². The number of hydrogen-bond acceptors (Lipinski definition) is 0. The van der Waals surface area contributed by atoms with Crippen molar-refractivity contribution >= 4 is 12.2 Å². The molecule has 7 aromatic rings. The van der Waals surface area contributed by atoms with Crippen molar-refractivity contribution in [3.63, 3.8) is 0 Å². The van der Waals surface area contributed by atoms with Gasteiger partial charge in [0.05, 0.1) is 0 Å². The molecule has 7 aromatic carbocycles. The molecule has 10 aliphatic carbocycles. The number of rotatable bonds is 0. The van der Waals surface area contributed by atoms with Crippen LogP contribution in [0.2, 0.25) is 0 Å². The molecule has 0 saturated carbocycles. The van der Waals surface area contributed by atoms with Crippen LogP contribution in [0.25, 0.3) is 12.2 Å². The zero-order valence-electron chi connectivity index (χ0n) is 38.0. The van der Waals surface area contributed by atoms with Crippen LogP contribution in [-0.4, -0.2) is 0 Å². The summed E-state index contributed by atoms with van der Waals surface area (Å²) >= 11 is 0. The van der Waals surface area contributed by atoms with Gasteiger partial charge in [-0.1, -0.05) is 187 Å². The van der Waals surface area contributed by atoms with Crippen molar-refractivity contribution in [2.24, 2.45) is 0 Å². The smallest absolute Gasteiger partial charge is 0.0357 e. The third kappa shape index (κ3) is 5.72. The fourth-order valence-corrected chi connectivity index (χ4v) is 14.6. The van der Waals surface area contributed by atoms with E-state index >= 15 is 0 Å². The normalized spacial score (nSPS) is 19.8. The molecule has 320 valence electrons. The van der Waals surface area contributed by atoms with E-state index in [0.717, 1.165) is 51.4 Å². The number of fused-ring (bicyclic) bond motifs is 14. The maximum atomic E-state index is 2.38. The van der Waals surface area contributed by atoms with Crippen molar-refractivity contribution in [2.75, 3.05) is 0 Å². The molecule has 0 heteroatoms. The van der Waals surface area contributed by atoms with Gasteiger partial charge < -0.3 is 0 Å². The first-order valence-corrected chi connectivity index (χ1v) is 25.1.